The quantitative estimate of drug-likeness (QED) is 0.587. The summed E-state index contributed by atoms with van der Waals surface area (Å²) in [5, 5.41) is 13.0. The molecule has 0 radical (unpaired) electrons. The first-order valence-corrected chi connectivity index (χ1v) is 4.22. The molecular weight excluding hydrogens is 126 g/mol. The molecule has 58 valence electrons. The van der Waals surface area contributed by atoms with Gasteiger partial charge in [0.1, 0.15) is 0 Å². The fourth-order valence-electron chi connectivity index (χ4n) is 1.76. The molecule has 2 nitrogen and oxygen atoms in total. The van der Waals surface area contributed by atoms with Crippen LogP contribution in [0.4, 0.5) is 0 Å². The minimum atomic E-state index is -0.332. The molecule has 0 aromatic carbocycles. The summed E-state index contributed by atoms with van der Waals surface area (Å²) in [6, 6.07) is 0. The minimum Gasteiger partial charge on any atom is -0.389 e. The first-order valence-electron chi connectivity index (χ1n) is 4.22. The average Bonchev–Trinajstić information content (AvgIpc) is 2.56. The highest BCUT2D eigenvalue weighted by molar-refractivity contribution is 4.92. The minimum absolute atomic E-state index is 0.332. The summed E-state index contributed by atoms with van der Waals surface area (Å²) < 4.78 is 0. The molecular formula is C8H15NO. The van der Waals surface area contributed by atoms with Crippen LogP contribution >= 0.6 is 0 Å². The Labute approximate surface area is 61.6 Å². The van der Waals surface area contributed by atoms with Gasteiger partial charge in [-0.05, 0) is 25.3 Å². The first-order chi connectivity index (χ1) is 4.79. The maximum absolute atomic E-state index is 9.84. The van der Waals surface area contributed by atoms with Crippen LogP contribution in [0, 0.1) is 5.92 Å². The topological polar surface area (TPSA) is 32.3 Å². The third kappa shape index (κ3) is 1.32. The van der Waals surface area contributed by atoms with Crippen molar-refractivity contribution in [3.8, 4) is 0 Å². The van der Waals surface area contributed by atoms with Crippen molar-refractivity contribution in [3.05, 3.63) is 0 Å². The summed E-state index contributed by atoms with van der Waals surface area (Å²) in [6.07, 6.45) is 4.70. The van der Waals surface area contributed by atoms with E-state index in [0.29, 0.717) is 0 Å². The molecule has 2 heteroatoms. The van der Waals surface area contributed by atoms with Crippen LogP contribution in [0.3, 0.4) is 0 Å². The van der Waals surface area contributed by atoms with Crippen LogP contribution in [0.2, 0.25) is 0 Å². The molecule has 0 aromatic heterocycles. The highest BCUT2D eigenvalue weighted by Gasteiger charge is 2.37. The Morgan fingerprint density at radius 2 is 2.30 bits per heavy atom. The van der Waals surface area contributed by atoms with Gasteiger partial charge in [0.05, 0.1) is 5.60 Å². The van der Waals surface area contributed by atoms with Gasteiger partial charge in [-0.3, -0.25) is 0 Å². The standard InChI is InChI=1S/C8H15NO/c10-8(3-4-9-6-8)5-7-1-2-7/h7,9-10H,1-6H2/t8-/m1/s1. The van der Waals surface area contributed by atoms with Crippen molar-refractivity contribution in [2.24, 2.45) is 5.92 Å². The van der Waals surface area contributed by atoms with Crippen molar-refractivity contribution in [1.29, 1.82) is 0 Å². The van der Waals surface area contributed by atoms with E-state index >= 15 is 0 Å². The molecule has 1 aliphatic carbocycles. The van der Waals surface area contributed by atoms with Crippen molar-refractivity contribution in [2.45, 2.75) is 31.3 Å². The molecule has 2 N–H and O–H groups in total. The summed E-state index contributed by atoms with van der Waals surface area (Å²) in [5.74, 6) is 0.852. The zero-order valence-electron chi connectivity index (χ0n) is 6.27. The summed E-state index contributed by atoms with van der Waals surface area (Å²) in [6.45, 7) is 1.83. The van der Waals surface area contributed by atoms with Crippen LogP contribution in [0.1, 0.15) is 25.7 Å². The zero-order valence-corrected chi connectivity index (χ0v) is 6.27. The lowest BCUT2D eigenvalue weighted by Gasteiger charge is -2.20. The lowest BCUT2D eigenvalue weighted by atomic mass is 9.96. The van der Waals surface area contributed by atoms with Crippen LogP contribution in [0.25, 0.3) is 0 Å². The van der Waals surface area contributed by atoms with Crippen LogP contribution < -0.4 is 5.32 Å². The number of aliphatic hydroxyl groups is 1. The van der Waals surface area contributed by atoms with Gasteiger partial charge >= 0.3 is 0 Å². The largest absolute Gasteiger partial charge is 0.389 e. The van der Waals surface area contributed by atoms with Gasteiger partial charge < -0.3 is 10.4 Å². The lowest BCUT2D eigenvalue weighted by Crippen LogP contribution is -2.31. The highest BCUT2D eigenvalue weighted by Crippen LogP contribution is 2.38. The number of nitrogens with one attached hydrogen (secondary N) is 1. The Balaban J connectivity index is 1.86. The Hall–Kier alpha value is -0.0800. The second-order valence-corrected chi connectivity index (χ2v) is 3.80. The molecule has 1 heterocycles. The molecule has 0 spiro atoms. The van der Waals surface area contributed by atoms with E-state index in [2.05, 4.69) is 5.32 Å². The summed E-state index contributed by atoms with van der Waals surface area (Å²) in [7, 11) is 0. The van der Waals surface area contributed by atoms with E-state index in [-0.39, 0.29) is 5.60 Å². The second-order valence-electron chi connectivity index (χ2n) is 3.80. The van der Waals surface area contributed by atoms with Gasteiger partial charge in [0.15, 0.2) is 0 Å². The molecule has 0 unspecified atom stereocenters. The molecule has 10 heavy (non-hydrogen) atoms. The Kier molecular flexibility index (Phi) is 1.46. The molecule has 2 aliphatic rings. The Morgan fingerprint density at radius 1 is 1.50 bits per heavy atom. The summed E-state index contributed by atoms with van der Waals surface area (Å²) in [4.78, 5) is 0. The molecule has 2 fully saturated rings. The van der Waals surface area contributed by atoms with Gasteiger partial charge in [0, 0.05) is 6.54 Å². The fourth-order valence-corrected chi connectivity index (χ4v) is 1.76. The summed E-state index contributed by atoms with van der Waals surface area (Å²) in [5.41, 5.74) is -0.332. The van der Waals surface area contributed by atoms with Crippen molar-refractivity contribution in [3.63, 3.8) is 0 Å². The molecule has 1 saturated heterocycles. The zero-order chi connectivity index (χ0) is 7.03. The van der Waals surface area contributed by atoms with E-state index in [0.717, 1.165) is 31.8 Å². The molecule has 1 aliphatic heterocycles. The molecule has 0 amide bonds. The molecule has 0 aromatic rings. The Bertz CT molecular complexity index is 125. The van der Waals surface area contributed by atoms with Crippen molar-refractivity contribution < 1.29 is 5.11 Å². The van der Waals surface area contributed by atoms with Crippen molar-refractivity contribution in [2.75, 3.05) is 13.1 Å². The van der Waals surface area contributed by atoms with Gasteiger partial charge in [0.25, 0.3) is 0 Å². The summed E-state index contributed by atoms with van der Waals surface area (Å²) >= 11 is 0. The molecule has 0 bridgehead atoms. The molecule has 1 atom stereocenters. The SMILES string of the molecule is O[C@@]1(CC2CC2)CCNC1. The maximum Gasteiger partial charge on any atom is 0.0786 e. The number of rotatable bonds is 2. The molecule has 2 rings (SSSR count). The predicted molar refractivity (Wildman–Crippen MR) is 39.8 cm³/mol. The third-order valence-electron chi connectivity index (χ3n) is 2.59. The monoisotopic (exact) mass is 141 g/mol. The van der Waals surface area contributed by atoms with Gasteiger partial charge in [-0.15, -0.1) is 0 Å². The normalized spacial score (nSPS) is 40.5. The van der Waals surface area contributed by atoms with Crippen LogP contribution in [-0.4, -0.2) is 23.8 Å². The first kappa shape index (κ1) is 6.62. The molecule has 1 saturated carbocycles. The average molecular weight is 141 g/mol. The van der Waals surface area contributed by atoms with Crippen LogP contribution in [0.5, 0.6) is 0 Å². The third-order valence-corrected chi connectivity index (χ3v) is 2.59. The number of hydrogen-bond donors (Lipinski definition) is 2. The van der Waals surface area contributed by atoms with Crippen molar-refractivity contribution >= 4 is 0 Å². The van der Waals surface area contributed by atoms with E-state index in [1.165, 1.54) is 12.8 Å². The number of β-amino-alcohol motifs (C(OH)–C–C–N with tert-alkyl or cyclic N) is 1. The van der Waals surface area contributed by atoms with Crippen LogP contribution in [0.15, 0.2) is 0 Å². The Morgan fingerprint density at radius 3 is 2.80 bits per heavy atom. The van der Waals surface area contributed by atoms with E-state index < -0.39 is 0 Å². The van der Waals surface area contributed by atoms with E-state index in [4.69, 9.17) is 0 Å². The van der Waals surface area contributed by atoms with Crippen molar-refractivity contribution in [1.82, 2.24) is 5.32 Å². The van der Waals surface area contributed by atoms with E-state index in [1.54, 1.807) is 0 Å². The lowest BCUT2D eigenvalue weighted by molar-refractivity contribution is 0.0466. The second kappa shape index (κ2) is 2.21. The smallest absolute Gasteiger partial charge is 0.0786 e. The van der Waals surface area contributed by atoms with Gasteiger partial charge in [0.2, 0.25) is 0 Å². The van der Waals surface area contributed by atoms with E-state index in [1.807, 2.05) is 0 Å². The predicted octanol–water partition coefficient (Wildman–Crippen LogP) is 0.511. The fraction of sp³-hybridized carbons (Fsp3) is 1.00. The van der Waals surface area contributed by atoms with Crippen LogP contribution in [-0.2, 0) is 0 Å². The maximum atomic E-state index is 9.84. The van der Waals surface area contributed by atoms with E-state index in [9.17, 15) is 5.11 Å². The number of hydrogen-bond acceptors (Lipinski definition) is 2. The van der Waals surface area contributed by atoms with Gasteiger partial charge in [-0.25, -0.2) is 0 Å². The van der Waals surface area contributed by atoms with Gasteiger partial charge in [-0.1, -0.05) is 12.8 Å². The highest BCUT2D eigenvalue weighted by atomic mass is 16.3. The van der Waals surface area contributed by atoms with Gasteiger partial charge in [-0.2, -0.15) is 0 Å².